The first-order valence-corrected chi connectivity index (χ1v) is 7.95. The van der Waals surface area contributed by atoms with E-state index in [4.69, 9.17) is 0 Å². The molecule has 0 saturated carbocycles. The molecular weight excluding hydrogens is 260 g/mol. The molecule has 1 unspecified atom stereocenters. The maximum atomic E-state index is 4.64. The lowest BCUT2D eigenvalue weighted by molar-refractivity contribution is 0.492. The Balaban J connectivity index is 2.10. The Hall–Kier alpha value is -1.68. The Kier molecular flexibility index (Phi) is 5.93. The molecule has 0 amide bonds. The smallest absolute Gasteiger partial charge is 0.0624 e. The fourth-order valence-electron chi connectivity index (χ4n) is 2.65. The number of aryl methyl sites for hydroxylation is 2. The second kappa shape index (κ2) is 7.93. The van der Waals surface area contributed by atoms with Crippen molar-refractivity contribution >= 4 is 0 Å². The Labute approximate surface area is 127 Å². The third-order valence-corrected chi connectivity index (χ3v) is 3.71. The van der Waals surface area contributed by atoms with E-state index in [2.05, 4.69) is 59.1 Å². The minimum Gasteiger partial charge on any atom is -0.313 e. The topological polar surface area (TPSA) is 42.7 Å². The molecule has 2 rings (SSSR count). The molecule has 4 nitrogen and oxygen atoms in total. The first-order valence-electron chi connectivity index (χ1n) is 7.95. The van der Waals surface area contributed by atoms with E-state index in [0.29, 0.717) is 6.04 Å². The van der Waals surface area contributed by atoms with Crippen LogP contribution < -0.4 is 5.32 Å². The van der Waals surface area contributed by atoms with Crippen molar-refractivity contribution < 1.29 is 0 Å². The van der Waals surface area contributed by atoms with Crippen LogP contribution in [0.2, 0.25) is 0 Å². The highest BCUT2D eigenvalue weighted by atomic mass is 15.3. The molecule has 0 aliphatic rings. The SMILES string of the molecule is CCNC(Cc1ccccn1)Cc1cc(CC)nn1CC. The van der Waals surface area contributed by atoms with E-state index in [-0.39, 0.29) is 0 Å². The van der Waals surface area contributed by atoms with Gasteiger partial charge in [-0.05, 0) is 38.1 Å². The van der Waals surface area contributed by atoms with Gasteiger partial charge in [0.15, 0.2) is 0 Å². The molecule has 0 aliphatic carbocycles. The van der Waals surface area contributed by atoms with Crippen molar-refractivity contribution in [1.29, 1.82) is 0 Å². The molecule has 114 valence electrons. The summed E-state index contributed by atoms with van der Waals surface area (Å²) in [6.07, 6.45) is 4.80. The van der Waals surface area contributed by atoms with Crippen LogP contribution in [0.25, 0.3) is 0 Å². The van der Waals surface area contributed by atoms with Gasteiger partial charge in [-0.1, -0.05) is 19.9 Å². The highest BCUT2D eigenvalue weighted by Crippen LogP contribution is 2.11. The van der Waals surface area contributed by atoms with E-state index in [1.165, 1.54) is 11.4 Å². The molecule has 0 radical (unpaired) electrons. The van der Waals surface area contributed by atoms with Crippen molar-refractivity contribution in [1.82, 2.24) is 20.1 Å². The number of rotatable bonds is 8. The summed E-state index contributed by atoms with van der Waals surface area (Å²) in [5, 5.41) is 8.22. The maximum absolute atomic E-state index is 4.64. The lowest BCUT2D eigenvalue weighted by Crippen LogP contribution is -2.34. The summed E-state index contributed by atoms with van der Waals surface area (Å²) >= 11 is 0. The standard InChI is InChI=1S/C17H26N4/c1-4-14-12-17(21(6-3)20-14)13-16(18-5-2)11-15-9-7-8-10-19-15/h7-10,12,16,18H,4-6,11,13H2,1-3H3. The van der Waals surface area contributed by atoms with E-state index in [1.54, 1.807) is 0 Å². The van der Waals surface area contributed by atoms with Gasteiger partial charge in [0.2, 0.25) is 0 Å². The molecule has 0 aliphatic heterocycles. The fraction of sp³-hybridized carbons (Fsp3) is 0.529. The molecule has 0 spiro atoms. The van der Waals surface area contributed by atoms with E-state index >= 15 is 0 Å². The molecule has 1 atom stereocenters. The number of nitrogens with one attached hydrogen (secondary N) is 1. The molecule has 21 heavy (non-hydrogen) atoms. The zero-order valence-corrected chi connectivity index (χ0v) is 13.3. The van der Waals surface area contributed by atoms with Crippen molar-refractivity contribution in [3.8, 4) is 0 Å². The lowest BCUT2D eigenvalue weighted by Gasteiger charge is -2.18. The Morgan fingerprint density at radius 3 is 2.62 bits per heavy atom. The monoisotopic (exact) mass is 286 g/mol. The molecule has 2 aromatic rings. The zero-order valence-electron chi connectivity index (χ0n) is 13.3. The summed E-state index contributed by atoms with van der Waals surface area (Å²) in [6.45, 7) is 8.36. The van der Waals surface area contributed by atoms with Gasteiger partial charge in [-0.25, -0.2) is 0 Å². The molecular formula is C17H26N4. The first-order chi connectivity index (χ1) is 10.3. The second-order valence-electron chi connectivity index (χ2n) is 5.28. The Morgan fingerprint density at radius 1 is 1.14 bits per heavy atom. The number of hydrogen-bond donors (Lipinski definition) is 1. The number of nitrogens with zero attached hydrogens (tertiary/aromatic N) is 3. The second-order valence-corrected chi connectivity index (χ2v) is 5.28. The van der Waals surface area contributed by atoms with Gasteiger partial charge >= 0.3 is 0 Å². The van der Waals surface area contributed by atoms with Gasteiger partial charge in [0.05, 0.1) is 5.69 Å². The Morgan fingerprint density at radius 2 is 2.00 bits per heavy atom. The van der Waals surface area contributed by atoms with Crippen molar-refractivity contribution in [3.05, 3.63) is 47.5 Å². The number of aromatic nitrogens is 3. The van der Waals surface area contributed by atoms with Gasteiger partial charge in [0.25, 0.3) is 0 Å². The fourth-order valence-corrected chi connectivity index (χ4v) is 2.65. The van der Waals surface area contributed by atoms with Crippen LogP contribution in [0.4, 0.5) is 0 Å². The van der Waals surface area contributed by atoms with Gasteiger partial charge in [0.1, 0.15) is 0 Å². The van der Waals surface area contributed by atoms with Crippen molar-refractivity contribution in [2.24, 2.45) is 0 Å². The summed E-state index contributed by atoms with van der Waals surface area (Å²) < 4.78 is 2.13. The van der Waals surface area contributed by atoms with Crippen molar-refractivity contribution in [2.45, 2.75) is 52.6 Å². The molecule has 1 N–H and O–H groups in total. The van der Waals surface area contributed by atoms with Crippen LogP contribution in [0, 0.1) is 0 Å². The predicted molar refractivity (Wildman–Crippen MR) is 86.4 cm³/mol. The molecule has 2 aromatic heterocycles. The average molecular weight is 286 g/mol. The van der Waals surface area contributed by atoms with Crippen LogP contribution in [0.3, 0.4) is 0 Å². The summed E-state index contributed by atoms with van der Waals surface area (Å²) in [7, 11) is 0. The van der Waals surface area contributed by atoms with Crippen LogP contribution in [0.5, 0.6) is 0 Å². The Bertz CT molecular complexity index is 533. The van der Waals surface area contributed by atoms with Gasteiger partial charge in [0, 0.05) is 43.0 Å². The quantitative estimate of drug-likeness (QED) is 0.811. The van der Waals surface area contributed by atoms with E-state index < -0.39 is 0 Å². The highest BCUT2D eigenvalue weighted by Gasteiger charge is 2.14. The number of hydrogen-bond acceptors (Lipinski definition) is 3. The molecule has 0 fully saturated rings. The molecule has 0 saturated heterocycles. The van der Waals surface area contributed by atoms with Crippen LogP contribution >= 0.6 is 0 Å². The van der Waals surface area contributed by atoms with Gasteiger partial charge in [-0.2, -0.15) is 5.10 Å². The minimum absolute atomic E-state index is 0.400. The largest absolute Gasteiger partial charge is 0.313 e. The third kappa shape index (κ3) is 4.39. The van der Waals surface area contributed by atoms with Crippen LogP contribution in [0.1, 0.15) is 37.9 Å². The average Bonchev–Trinajstić information content (AvgIpc) is 2.90. The lowest BCUT2D eigenvalue weighted by atomic mass is 10.0. The molecule has 0 bridgehead atoms. The molecule has 0 aromatic carbocycles. The summed E-state index contributed by atoms with van der Waals surface area (Å²) in [4.78, 5) is 4.44. The van der Waals surface area contributed by atoms with E-state index in [1.807, 2.05) is 12.3 Å². The number of likely N-dealkylation sites (N-methyl/N-ethyl adjacent to an activating group) is 1. The van der Waals surface area contributed by atoms with Crippen LogP contribution in [-0.2, 0) is 25.8 Å². The van der Waals surface area contributed by atoms with Crippen LogP contribution in [0.15, 0.2) is 30.5 Å². The molecule has 4 heteroatoms. The summed E-state index contributed by atoms with van der Waals surface area (Å²) in [6, 6.07) is 8.75. The normalized spacial score (nSPS) is 12.5. The third-order valence-electron chi connectivity index (χ3n) is 3.71. The van der Waals surface area contributed by atoms with Gasteiger partial charge < -0.3 is 5.32 Å². The van der Waals surface area contributed by atoms with Gasteiger partial charge in [-0.15, -0.1) is 0 Å². The van der Waals surface area contributed by atoms with E-state index in [0.717, 1.165) is 38.0 Å². The molecule has 2 heterocycles. The van der Waals surface area contributed by atoms with Crippen LogP contribution in [-0.4, -0.2) is 27.4 Å². The van der Waals surface area contributed by atoms with Crippen molar-refractivity contribution in [2.75, 3.05) is 6.54 Å². The van der Waals surface area contributed by atoms with Gasteiger partial charge in [-0.3, -0.25) is 9.67 Å². The van der Waals surface area contributed by atoms with E-state index in [9.17, 15) is 0 Å². The zero-order chi connectivity index (χ0) is 15.1. The highest BCUT2D eigenvalue weighted by molar-refractivity contribution is 5.13. The van der Waals surface area contributed by atoms with Crippen molar-refractivity contribution in [3.63, 3.8) is 0 Å². The summed E-state index contributed by atoms with van der Waals surface area (Å²) in [5.74, 6) is 0. The number of pyridine rings is 1. The summed E-state index contributed by atoms with van der Waals surface area (Å²) in [5.41, 5.74) is 3.64. The minimum atomic E-state index is 0.400. The predicted octanol–water partition coefficient (Wildman–Crippen LogP) is 2.62. The maximum Gasteiger partial charge on any atom is 0.0624 e. The first kappa shape index (κ1) is 15.7.